The van der Waals surface area contributed by atoms with E-state index >= 15 is 0 Å². The number of sulfonamides is 1. The molecule has 0 aliphatic rings. The van der Waals surface area contributed by atoms with E-state index < -0.39 is 10.0 Å². The van der Waals surface area contributed by atoms with Crippen molar-refractivity contribution in [2.45, 2.75) is 17.9 Å². The number of rotatable bonds is 11. The first-order valence-corrected chi connectivity index (χ1v) is 14.7. The summed E-state index contributed by atoms with van der Waals surface area (Å²) in [5.41, 5.74) is 1.59. The van der Waals surface area contributed by atoms with Crippen molar-refractivity contribution in [2.24, 2.45) is 0 Å². The zero-order valence-electron chi connectivity index (χ0n) is 22.4. The number of thiazole rings is 1. The van der Waals surface area contributed by atoms with Crippen molar-refractivity contribution in [3.8, 4) is 40.3 Å². The zero-order chi connectivity index (χ0) is 28.8. The average molecular weight is 591 g/mol. The summed E-state index contributed by atoms with van der Waals surface area (Å²) >= 11 is 1.03. The highest BCUT2D eigenvalue weighted by molar-refractivity contribution is 7.94. The predicted octanol–water partition coefficient (Wildman–Crippen LogP) is 6.10. The molecular weight excluding hydrogens is 564 g/mol. The zero-order valence-corrected chi connectivity index (χ0v) is 24.0. The van der Waals surface area contributed by atoms with Crippen molar-refractivity contribution in [1.29, 1.82) is 0 Å². The highest BCUT2D eigenvalue weighted by atomic mass is 32.2. The Morgan fingerprint density at radius 2 is 1.63 bits per heavy atom. The third kappa shape index (κ3) is 6.56. The van der Waals surface area contributed by atoms with E-state index in [0.29, 0.717) is 29.4 Å². The Morgan fingerprint density at radius 3 is 2.34 bits per heavy atom. The Bertz CT molecular complexity index is 1760. The standard InChI is InChI=1S/C29H26N4O6S2/c1-19-17-30-29(40-19)41(34,35)33-27-25(39-24-15-8-7-14-23(24)36-2)28(37-3)32-26(31-27)21-12-9-13-22(16-21)38-18-20-10-5-4-6-11-20/h4-17H,18H2,1-3H3,(H,31,32,33). The fourth-order valence-corrected chi connectivity index (χ4v) is 5.88. The molecule has 0 saturated carbocycles. The van der Waals surface area contributed by atoms with Crippen molar-refractivity contribution in [2.75, 3.05) is 18.9 Å². The summed E-state index contributed by atoms with van der Waals surface area (Å²) in [7, 11) is -1.21. The van der Waals surface area contributed by atoms with Crippen LogP contribution in [0.2, 0.25) is 0 Å². The van der Waals surface area contributed by atoms with Crippen molar-refractivity contribution in [3.63, 3.8) is 0 Å². The van der Waals surface area contributed by atoms with E-state index in [9.17, 15) is 8.42 Å². The molecule has 0 aliphatic heterocycles. The number of aryl methyl sites for hydroxylation is 1. The van der Waals surface area contributed by atoms with Gasteiger partial charge in [0.1, 0.15) is 12.4 Å². The number of para-hydroxylation sites is 2. The van der Waals surface area contributed by atoms with Gasteiger partial charge in [0.05, 0.1) is 14.2 Å². The molecule has 0 spiro atoms. The maximum atomic E-state index is 13.3. The average Bonchev–Trinajstić information content (AvgIpc) is 3.45. The van der Waals surface area contributed by atoms with E-state index in [0.717, 1.165) is 21.8 Å². The van der Waals surface area contributed by atoms with Gasteiger partial charge in [-0.05, 0) is 36.8 Å². The van der Waals surface area contributed by atoms with Gasteiger partial charge in [0.25, 0.3) is 15.9 Å². The highest BCUT2D eigenvalue weighted by Gasteiger charge is 2.26. The van der Waals surface area contributed by atoms with Crippen LogP contribution in [0.3, 0.4) is 0 Å². The van der Waals surface area contributed by atoms with Gasteiger partial charge in [-0.2, -0.15) is 13.4 Å². The molecule has 5 rings (SSSR count). The van der Waals surface area contributed by atoms with Crippen LogP contribution in [-0.4, -0.2) is 37.6 Å². The Kier molecular flexibility index (Phi) is 8.31. The molecule has 2 aromatic heterocycles. The van der Waals surface area contributed by atoms with Gasteiger partial charge in [0.15, 0.2) is 23.1 Å². The van der Waals surface area contributed by atoms with Crippen LogP contribution in [0.4, 0.5) is 5.82 Å². The molecule has 0 fully saturated rings. The largest absolute Gasteiger partial charge is 0.493 e. The van der Waals surface area contributed by atoms with Crippen LogP contribution in [0.25, 0.3) is 11.4 Å². The van der Waals surface area contributed by atoms with Gasteiger partial charge in [0, 0.05) is 16.6 Å². The Morgan fingerprint density at radius 1 is 0.878 bits per heavy atom. The van der Waals surface area contributed by atoms with E-state index in [1.807, 2.05) is 36.4 Å². The topological polar surface area (TPSA) is 122 Å². The van der Waals surface area contributed by atoms with E-state index in [2.05, 4.69) is 19.7 Å². The minimum atomic E-state index is -4.12. The van der Waals surface area contributed by atoms with Gasteiger partial charge in [-0.3, -0.25) is 4.72 Å². The van der Waals surface area contributed by atoms with Crippen molar-refractivity contribution in [3.05, 3.63) is 95.5 Å². The number of benzene rings is 3. The van der Waals surface area contributed by atoms with Gasteiger partial charge in [-0.15, -0.1) is 11.3 Å². The number of hydrogen-bond acceptors (Lipinski definition) is 10. The van der Waals surface area contributed by atoms with Gasteiger partial charge < -0.3 is 18.9 Å². The number of aromatic nitrogens is 3. The van der Waals surface area contributed by atoms with Crippen molar-refractivity contribution >= 4 is 27.2 Å². The maximum absolute atomic E-state index is 13.3. The van der Waals surface area contributed by atoms with Crippen LogP contribution < -0.4 is 23.7 Å². The highest BCUT2D eigenvalue weighted by Crippen LogP contribution is 2.41. The van der Waals surface area contributed by atoms with E-state index in [4.69, 9.17) is 18.9 Å². The lowest BCUT2D eigenvalue weighted by molar-refractivity contribution is 0.306. The third-order valence-corrected chi connectivity index (χ3v) is 8.35. The summed E-state index contributed by atoms with van der Waals surface area (Å²) in [6.45, 7) is 2.14. The first kappa shape index (κ1) is 27.9. The molecule has 0 atom stereocenters. The summed E-state index contributed by atoms with van der Waals surface area (Å²) < 4.78 is 52.0. The van der Waals surface area contributed by atoms with Gasteiger partial charge in [-0.1, -0.05) is 54.6 Å². The molecule has 210 valence electrons. The van der Waals surface area contributed by atoms with Crippen LogP contribution in [0, 0.1) is 6.92 Å². The van der Waals surface area contributed by atoms with Gasteiger partial charge in [-0.25, -0.2) is 9.97 Å². The Labute approximate surface area is 241 Å². The molecular formula is C29H26N4O6S2. The smallest absolute Gasteiger partial charge is 0.290 e. The molecule has 0 unspecified atom stereocenters. The van der Waals surface area contributed by atoms with Crippen molar-refractivity contribution in [1.82, 2.24) is 15.0 Å². The number of hydrogen-bond donors (Lipinski definition) is 1. The summed E-state index contributed by atoms with van der Waals surface area (Å²) in [4.78, 5) is 13.9. The van der Waals surface area contributed by atoms with Crippen LogP contribution in [-0.2, 0) is 16.6 Å². The molecule has 0 bridgehead atoms. The molecule has 2 heterocycles. The summed E-state index contributed by atoms with van der Waals surface area (Å²) in [6, 6.07) is 23.9. The summed E-state index contributed by atoms with van der Waals surface area (Å²) in [5.74, 6) is 1.33. The Hall–Kier alpha value is -4.68. The molecule has 12 heteroatoms. The number of ether oxygens (including phenoxy) is 4. The normalized spacial score (nSPS) is 11.1. The molecule has 0 radical (unpaired) electrons. The van der Waals surface area contributed by atoms with Crippen LogP contribution in [0.5, 0.6) is 28.9 Å². The molecule has 10 nitrogen and oxygen atoms in total. The minimum Gasteiger partial charge on any atom is -0.493 e. The maximum Gasteiger partial charge on any atom is 0.290 e. The lowest BCUT2D eigenvalue weighted by Crippen LogP contribution is -2.15. The lowest BCUT2D eigenvalue weighted by Gasteiger charge is -2.17. The van der Waals surface area contributed by atoms with Crippen LogP contribution in [0.15, 0.2) is 89.4 Å². The first-order valence-electron chi connectivity index (χ1n) is 12.4. The predicted molar refractivity (Wildman–Crippen MR) is 156 cm³/mol. The minimum absolute atomic E-state index is 0.00420. The number of methoxy groups -OCH3 is 2. The van der Waals surface area contributed by atoms with E-state index in [-0.39, 0.29) is 27.6 Å². The lowest BCUT2D eigenvalue weighted by atomic mass is 10.2. The molecule has 3 aromatic carbocycles. The first-order chi connectivity index (χ1) is 19.9. The number of anilines is 1. The molecule has 0 aliphatic carbocycles. The number of nitrogens with one attached hydrogen (secondary N) is 1. The van der Waals surface area contributed by atoms with Crippen molar-refractivity contribution < 1.29 is 27.4 Å². The fourth-order valence-electron chi connectivity index (χ4n) is 3.77. The molecule has 41 heavy (non-hydrogen) atoms. The second-order valence-electron chi connectivity index (χ2n) is 8.63. The number of nitrogens with zero attached hydrogens (tertiary/aromatic N) is 3. The Balaban J connectivity index is 1.56. The molecule has 0 saturated heterocycles. The van der Waals surface area contributed by atoms with Crippen LogP contribution in [0.1, 0.15) is 10.4 Å². The van der Waals surface area contributed by atoms with Gasteiger partial charge >= 0.3 is 0 Å². The summed E-state index contributed by atoms with van der Waals surface area (Å²) in [6.07, 6.45) is 1.48. The summed E-state index contributed by atoms with van der Waals surface area (Å²) in [5, 5.41) is 0. The molecule has 1 N–H and O–H groups in total. The third-order valence-electron chi connectivity index (χ3n) is 5.71. The molecule has 0 amide bonds. The second kappa shape index (κ2) is 12.2. The monoisotopic (exact) mass is 590 g/mol. The van der Waals surface area contributed by atoms with E-state index in [1.165, 1.54) is 20.4 Å². The van der Waals surface area contributed by atoms with E-state index in [1.54, 1.807) is 49.4 Å². The fraction of sp³-hybridized carbons (Fsp3) is 0.138. The molecule has 5 aromatic rings. The second-order valence-corrected chi connectivity index (χ2v) is 11.7. The quantitative estimate of drug-likeness (QED) is 0.194. The van der Waals surface area contributed by atoms with Crippen LogP contribution >= 0.6 is 11.3 Å². The van der Waals surface area contributed by atoms with Gasteiger partial charge in [0.2, 0.25) is 10.1 Å². The SMILES string of the molecule is COc1ccccc1Oc1c(NS(=O)(=O)c2ncc(C)s2)nc(-c2cccc(OCc3ccccc3)c2)nc1OC.